The van der Waals surface area contributed by atoms with Gasteiger partial charge in [0.2, 0.25) is 0 Å². The lowest BCUT2D eigenvalue weighted by Crippen LogP contribution is -2.53. The maximum Gasteiger partial charge on any atom is 0.150 e. The predicted octanol–water partition coefficient (Wildman–Crippen LogP) is 2.09. The van der Waals surface area contributed by atoms with Gasteiger partial charge in [-0.15, -0.1) is 0 Å². The van der Waals surface area contributed by atoms with E-state index in [1.165, 1.54) is 38.9 Å². The molecule has 2 fully saturated rings. The fraction of sp³-hybridized carbons (Fsp3) is 0.778. The van der Waals surface area contributed by atoms with Crippen molar-refractivity contribution in [3.05, 3.63) is 17.6 Å². The molecule has 0 spiro atoms. The number of likely N-dealkylation sites (tertiary alicyclic amines) is 1. The second-order valence-corrected chi connectivity index (χ2v) is 7.02. The van der Waals surface area contributed by atoms with Crippen LogP contribution in [0, 0.1) is 13.8 Å². The van der Waals surface area contributed by atoms with Gasteiger partial charge in [0.1, 0.15) is 5.82 Å². The number of piperazine rings is 1. The monoisotopic (exact) mass is 317 g/mol. The first kappa shape index (κ1) is 16.7. The van der Waals surface area contributed by atoms with Crippen LogP contribution in [0.15, 0.2) is 6.20 Å². The average molecular weight is 317 g/mol. The molecule has 0 unspecified atom stereocenters. The van der Waals surface area contributed by atoms with Crippen LogP contribution in [0.1, 0.15) is 37.6 Å². The number of nitrogens with zero attached hydrogens (tertiary/aromatic N) is 5. The van der Waals surface area contributed by atoms with Crippen LogP contribution < -0.4 is 4.90 Å². The molecule has 5 heteroatoms. The van der Waals surface area contributed by atoms with Crippen molar-refractivity contribution < 1.29 is 0 Å². The molecule has 128 valence electrons. The molecule has 23 heavy (non-hydrogen) atoms. The Morgan fingerprint density at radius 1 is 1.04 bits per heavy atom. The molecule has 0 atom stereocenters. The Kier molecular flexibility index (Phi) is 5.49. The zero-order valence-corrected chi connectivity index (χ0v) is 15.0. The summed E-state index contributed by atoms with van der Waals surface area (Å²) in [6, 6.07) is 0.787. The first-order valence-corrected chi connectivity index (χ1v) is 9.19. The van der Waals surface area contributed by atoms with Gasteiger partial charge in [0.25, 0.3) is 0 Å². The number of hydrogen-bond donors (Lipinski definition) is 0. The second-order valence-electron chi connectivity index (χ2n) is 7.02. The number of anilines is 1. The topological polar surface area (TPSA) is 35.5 Å². The van der Waals surface area contributed by atoms with Crippen molar-refractivity contribution in [3.63, 3.8) is 0 Å². The van der Waals surface area contributed by atoms with E-state index in [4.69, 9.17) is 4.98 Å². The summed E-state index contributed by atoms with van der Waals surface area (Å²) in [4.78, 5) is 16.9. The van der Waals surface area contributed by atoms with Gasteiger partial charge < -0.3 is 9.80 Å². The van der Waals surface area contributed by atoms with E-state index < -0.39 is 0 Å². The molecule has 0 bridgehead atoms. The first-order chi connectivity index (χ1) is 11.2. The van der Waals surface area contributed by atoms with Gasteiger partial charge in [-0.2, -0.15) is 0 Å². The molecule has 2 saturated heterocycles. The first-order valence-electron chi connectivity index (χ1n) is 9.19. The lowest BCUT2D eigenvalue weighted by molar-refractivity contribution is 0.103. The van der Waals surface area contributed by atoms with Crippen LogP contribution in [0.2, 0.25) is 0 Å². The summed E-state index contributed by atoms with van der Waals surface area (Å²) >= 11 is 0. The molecule has 5 nitrogen and oxygen atoms in total. The third-order valence-corrected chi connectivity index (χ3v) is 5.28. The van der Waals surface area contributed by atoms with E-state index in [1.54, 1.807) is 0 Å². The Bertz CT molecular complexity index is 502. The molecule has 0 amide bonds. The number of piperidine rings is 1. The molecule has 0 saturated carbocycles. The summed E-state index contributed by atoms with van der Waals surface area (Å²) in [5, 5.41) is 0. The Morgan fingerprint density at radius 2 is 1.74 bits per heavy atom. The highest BCUT2D eigenvalue weighted by atomic mass is 15.3. The van der Waals surface area contributed by atoms with Crippen molar-refractivity contribution in [1.82, 2.24) is 19.8 Å². The predicted molar refractivity (Wildman–Crippen MR) is 95.0 cm³/mol. The van der Waals surface area contributed by atoms with Crippen molar-refractivity contribution >= 4 is 5.82 Å². The summed E-state index contributed by atoms with van der Waals surface area (Å²) in [5.41, 5.74) is 2.06. The number of aryl methyl sites for hydroxylation is 2. The summed E-state index contributed by atoms with van der Waals surface area (Å²) in [5.74, 6) is 1.09. The van der Waals surface area contributed by atoms with E-state index in [0.29, 0.717) is 0 Å². The maximum absolute atomic E-state index is 4.70. The van der Waals surface area contributed by atoms with E-state index in [-0.39, 0.29) is 0 Å². The van der Waals surface area contributed by atoms with E-state index in [0.717, 1.165) is 49.4 Å². The van der Waals surface area contributed by atoms with Crippen molar-refractivity contribution in [2.45, 2.75) is 46.1 Å². The van der Waals surface area contributed by atoms with Crippen molar-refractivity contribution in [3.8, 4) is 0 Å². The molecule has 2 aliphatic rings. The summed E-state index contributed by atoms with van der Waals surface area (Å²) < 4.78 is 0. The number of aromatic nitrogens is 2. The highest BCUT2D eigenvalue weighted by Crippen LogP contribution is 2.22. The van der Waals surface area contributed by atoms with Gasteiger partial charge >= 0.3 is 0 Å². The minimum atomic E-state index is 0.787. The van der Waals surface area contributed by atoms with Crippen molar-refractivity contribution in [2.24, 2.45) is 0 Å². The van der Waals surface area contributed by atoms with Crippen LogP contribution in [-0.2, 0) is 0 Å². The Balaban J connectivity index is 1.52. The average Bonchev–Trinajstić information content (AvgIpc) is 2.58. The van der Waals surface area contributed by atoms with Gasteiger partial charge in [-0.05, 0) is 52.7 Å². The fourth-order valence-electron chi connectivity index (χ4n) is 3.95. The lowest BCUT2D eigenvalue weighted by atomic mass is 10.0. The SMILES string of the molecule is CCCN1CCC(N2CCN(c3nc(C)cnc3C)CC2)CC1. The van der Waals surface area contributed by atoms with Crippen LogP contribution in [0.3, 0.4) is 0 Å². The van der Waals surface area contributed by atoms with Gasteiger partial charge in [0.05, 0.1) is 11.4 Å². The summed E-state index contributed by atoms with van der Waals surface area (Å²) in [6.07, 6.45) is 5.81. The van der Waals surface area contributed by atoms with Crippen LogP contribution in [0.25, 0.3) is 0 Å². The van der Waals surface area contributed by atoms with Gasteiger partial charge in [0, 0.05) is 38.4 Å². The highest BCUT2D eigenvalue weighted by Gasteiger charge is 2.28. The summed E-state index contributed by atoms with van der Waals surface area (Å²) in [6.45, 7) is 14.7. The smallest absolute Gasteiger partial charge is 0.150 e. The quantitative estimate of drug-likeness (QED) is 0.850. The Labute approximate surface area is 140 Å². The van der Waals surface area contributed by atoms with E-state index in [2.05, 4.69) is 33.5 Å². The standard InChI is InChI=1S/C18H31N5/c1-4-7-21-8-5-17(6-9-21)22-10-12-23(13-11-22)18-16(3)19-14-15(2)20-18/h14,17H,4-13H2,1-3H3. The summed E-state index contributed by atoms with van der Waals surface area (Å²) in [7, 11) is 0. The zero-order chi connectivity index (χ0) is 16.2. The molecule has 0 radical (unpaired) electrons. The van der Waals surface area contributed by atoms with Crippen LogP contribution >= 0.6 is 0 Å². The zero-order valence-electron chi connectivity index (χ0n) is 15.0. The molecular weight excluding hydrogens is 286 g/mol. The van der Waals surface area contributed by atoms with Gasteiger partial charge in [0.15, 0.2) is 0 Å². The lowest BCUT2D eigenvalue weighted by Gasteiger charge is -2.43. The second kappa shape index (κ2) is 7.58. The molecule has 0 aliphatic carbocycles. The minimum absolute atomic E-state index is 0.787. The highest BCUT2D eigenvalue weighted by molar-refractivity contribution is 5.43. The van der Waals surface area contributed by atoms with Gasteiger partial charge in [-0.25, -0.2) is 4.98 Å². The maximum atomic E-state index is 4.70. The van der Waals surface area contributed by atoms with Crippen LogP contribution in [0.4, 0.5) is 5.82 Å². The molecule has 2 aliphatic heterocycles. The third kappa shape index (κ3) is 4.01. The Hall–Kier alpha value is -1.20. The van der Waals surface area contributed by atoms with E-state index >= 15 is 0 Å². The molecule has 3 rings (SSSR count). The van der Waals surface area contributed by atoms with E-state index in [9.17, 15) is 0 Å². The normalized spacial score (nSPS) is 21.8. The third-order valence-electron chi connectivity index (χ3n) is 5.28. The van der Waals surface area contributed by atoms with Gasteiger partial charge in [-0.1, -0.05) is 6.92 Å². The van der Waals surface area contributed by atoms with Crippen LogP contribution in [-0.4, -0.2) is 71.6 Å². The van der Waals surface area contributed by atoms with E-state index in [1.807, 2.05) is 13.1 Å². The minimum Gasteiger partial charge on any atom is -0.353 e. The molecule has 1 aromatic heterocycles. The molecular formula is C18H31N5. The Morgan fingerprint density at radius 3 is 2.39 bits per heavy atom. The van der Waals surface area contributed by atoms with Crippen molar-refractivity contribution in [2.75, 3.05) is 50.7 Å². The van der Waals surface area contributed by atoms with Gasteiger partial charge in [-0.3, -0.25) is 9.88 Å². The van der Waals surface area contributed by atoms with Crippen LogP contribution in [0.5, 0.6) is 0 Å². The fourth-order valence-corrected chi connectivity index (χ4v) is 3.95. The number of rotatable bonds is 4. The molecule has 0 aromatic carbocycles. The van der Waals surface area contributed by atoms with Crippen molar-refractivity contribution in [1.29, 1.82) is 0 Å². The molecule has 0 N–H and O–H groups in total. The largest absolute Gasteiger partial charge is 0.353 e. The molecule has 1 aromatic rings. The number of hydrogen-bond acceptors (Lipinski definition) is 5. The molecule has 3 heterocycles.